The Bertz CT molecular complexity index is 917. The predicted molar refractivity (Wildman–Crippen MR) is 104 cm³/mol. The number of para-hydroxylation sites is 1. The van der Waals surface area contributed by atoms with Crippen molar-refractivity contribution in [1.82, 2.24) is 9.97 Å². The highest BCUT2D eigenvalue weighted by molar-refractivity contribution is 5.80. The maximum atomic E-state index is 12.4. The molecule has 28 heavy (non-hydrogen) atoms. The van der Waals surface area contributed by atoms with Gasteiger partial charge in [0.05, 0.1) is 7.11 Å². The first kappa shape index (κ1) is 18.5. The van der Waals surface area contributed by atoms with E-state index in [1.807, 2.05) is 31.2 Å². The average molecular weight is 383 g/mol. The van der Waals surface area contributed by atoms with Gasteiger partial charge in [-0.05, 0) is 19.4 Å². The van der Waals surface area contributed by atoms with E-state index < -0.39 is 11.4 Å². The van der Waals surface area contributed by atoms with Gasteiger partial charge < -0.3 is 19.5 Å². The van der Waals surface area contributed by atoms with Crippen molar-refractivity contribution in [3.63, 3.8) is 0 Å². The van der Waals surface area contributed by atoms with E-state index in [1.165, 1.54) is 0 Å². The first-order valence-corrected chi connectivity index (χ1v) is 9.61. The normalized spacial score (nSPS) is 23.0. The van der Waals surface area contributed by atoms with E-state index in [-0.39, 0.29) is 12.5 Å². The van der Waals surface area contributed by atoms with E-state index >= 15 is 0 Å². The van der Waals surface area contributed by atoms with Crippen LogP contribution >= 0.6 is 0 Å². The lowest BCUT2D eigenvalue weighted by Crippen LogP contribution is -2.45. The molecule has 7 heteroatoms. The molecule has 4 rings (SSSR count). The lowest BCUT2D eigenvalue weighted by molar-refractivity contribution is -0.151. The van der Waals surface area contributed by atoms with Gasteiger partial charge in [0, 0.05) is 42.8 Å². The molecule has 0 saturated carbocycles. The van der Waals surface area contributed by atoms with Crippen LogP contribution in [0.15, 0.2) is 24.3 Å². The summed E-state index contributed by atoms with van der Waals surface area (Å²) in [6, 6.07) is 7.59. The Kier molecular flexibility index (Phi) is 4.61. The highest BCUT2D eigenvalue weighted by Crippen LogP contribution is 2.52. The summed E-state index contributed by atoms with van der Waals surface area (Å²) < 4.78 is 11.3. The molecule has 1 fully saturated rings. The van der Waals surface area contributed by atoms with Crippen molar-refractivity contribution in [2.75, 3.05) is 31.7 Å². The third-order valence-electron chi connectivity index (χ3n) is 5.73. The number of benzene rings is 1. The zero-order valence-corrected chi connectivity index (χ0v) is 16.4. The van der Waals surface area contributed by atoms with Crippen molar-refractivity contribution in [2.24, 2.45) is 5.41 Å². The second kappa shape index (κ2) is 6.96. The van der Waals surface area contributed by atoms with Gasteiger partial charge in [0.25, 0.3) is 0 Å². The number of aromatic nitrogens is 2. The number of methoxy groups -OCH3 is 1. The van der Waals surface area contributed by atoms with E-state index in [2.05, 4.69) is 16.8 Å². The Hall–Kier alpha value is -2.83. The molecule has 0 bridgehead atoms. The van der Waals surface area contributed by atoms with Crippen LogP contribution in [0.3, 0.4) is 0 Å². The van der Waals surface area contributed by atoms with Crippen LogP contribution in [0.2, 0.25) is 0 Å². The van der Waals surface area contributed by atoms with Crippen molar-refractivity contribution < 1.29 is 19.4 Å². The van der Waals surface area contributed by atoms with E-state index in [1.54, 1.807) is 7.11 Å². The fraction of sp³-hybridized carbons (Fsp3) is 0.476. The number of hydrogen-bond donors (Lipinski definition) is 1. The third-order valence-corrected chi connectivity index (χ3v) is 5.73. The molecule has 1 aromatic carbocycles. The van der Waals surface area contributed by atoms with Crippen LogP contribution in [0.5, 0.6) is 11.5 Å². The molecule has 2 atom stereocenters. The topological polar surface area (TPSA) is 84.8 Å². The molecule has 2 aliphatic heterocycles. The molecule has 1 unspecified atom stereocenters. The zero-order chi connectivity index (χ0) is 19.9. The molecule has 1 saturated heterocycles. The highest BCUT2D eigenvalue weighted by Gasteiger charge is 2.57. The molecule has 0 aliphatic carbocycles. The molecule has 3 heterocycles. The minimum atomic E-state index is -1.01. The lowest BCUT2D eigenvalue weighted by atomic mass is 9.73. The van der Waals surface area contributed by atoms with Gasteiger partial charge in [-0.2, -0.15) is 0 Å². The first-order chi connectivity index (χ1) is 13.5. The summed E-state index contributed by atoms with van der Waals surface area (Å²) in [5.74, 6) is 1.84. The number of nitrogens with zero attached hydrogens (tertiary/aromatic N) is 3. The lowest BCUT2D eigenvalue weighted by Gasteiger charge is -2.36. The highest BCUT2D eigenvalue weighted by atomic mass is 16.5. The Morgan fingerprint density at radius 1 is 1.43 bits per heavy atom. The molecule has 2 aromatic rings. The molecule has 1 N–H and O–H groups in total. The van der Waals surface area contributed by atoms with Crippen molar-refractivity contribution >= 4 is 11.8 Å². The Morgan fingerprint density at radius 2 is 2.25 bits per heavy atom. The monoisotopic (exact) mass is 383 g/mol. The predicted octanol–water partition coefficient (Wildman–Crippen LogP) is 2.81. The number of aryl methyl sites for hydroxylation is 2. The average Bonchev–Trinajstić information content (AvgIpc) is 3.09. The van der Waals surface area contributed by atoms with Crippen molar-refractivity contribution in [2.45, 2.75) is 32.6 Å². The van der Waals surface area contributed by atoms with Crippen LogP contribution in [0.4, 0.5) is 5.82 Å². The van der Waals surface area contributed by atoms with E-state index in [9.17, 15) is 9.90 Å². The number of hydrogen-bond acceptors (Lipinski definition) is 6. The fourth-order valence-corrected chi connectivity index (χ4v) is 4.34. The van der Waals surface area contributed by atoms with Crippen molar-refractivity contribution in [3.8, 4) is 11.5 Å². The summed E-state index contributed by atoms with van der Waals surface area (Å²) in [6.45, 7) is 5.08. The second-order valence-electron chi connectivity index (χ2n) is 7.60. The number of rotatable bonds is 5. The third kappa shape index (κ3) is 2.85. The number of fused-ring (bicyclic) bond motifs is 3. The number of carboxylic acid groups (broad SMARTS) is 1. The molecule has 0 radical (unpaired) electrons. The van der Waals surface area contributed by atoms with Gasteiger partial charge in [0.15, 0.2) is 11.5 Å². The Morgan fingerprint density at radius 3 is 2.96 bits per heavy atom. The largest absolute Gasteiger partial charge is 0.493 e. The van der Waals surface area contributed by atoms with Crippen LogP contribution in [0.1, 0.15) is 36.3 Å². The first-order valence-electron chi connectivity index (χ1n) is 9.61. The van der Waals surface area contributed by atoms with Gasteiger partial charge in [-0.1, -0.05) is 19.1 Å². The van der Waals surface area contributed by atoms with Gasteiger partial charge >= 0.3 is 5.97 Å². The fourth-order valence-electron chi connectivity index (χ4n) is 4.34. The van der Waals surface area contributed by atoms with Gasteiger partial charge in [0.1, 0.15) is 23.7 Å². The minimum Gasteiger partial charge on any atom is -0.493 e. The zero-order valence-electron chi connectivity index (χ0n) is 16.4. The number of carboxylic acids is 1. The number of anilines is 1. The van der Waals surface area contributed by atoms with Crippen LogP contribution in [-0.2, 0) is 11.2 Å². The summed E-state index contributed by atoms with van der Waals surface area (Å²) >= 11 is 0. The molecule has 148 valence electrons. The minimum absolute atomic E-state index is 0.114. The molecule has 1 aromatic heterocycles. The van der Waals surface area contributed by atoms with E-state index in [0.29, 0.717) is 24.6 Å². The van der Waals surface area contributed by atoms with Crippen molar-refractivity contribution in [3.05, 3.63) is 41.3 Å². The standard InChI is InChI=1S/C21H25N3O4/c1-4-6-17-22-13(2)9-18(23-17)24-10-15-14-7-5-8-16(27-3)19(14)28-12-21(15,11-24)20(25)26/h5,7-9,15H,4,6,10-12H2,1-3H3,(H,25,26)/t15?,21-/m1/s1. The summed E-state index contributed by atoms with van der Waals surface area (Å²) in [6.07, 6.45) is 1.77. The molecule has 7 nitrogen and oxygen atoms in total. The van der Waals surface area contributed by atoms with Crippen LogP contribution < -0.4 is 14.4 Å². The molecular weight excluding hydrogens is 358 g/mol. The molecule has 0 spiro atoms. The maximum absolute atomic E-state index is 12.4. The molecular formula is C21H25N3O4. The maximum Gasteiger partial charge on any atom is 0.315 e. The summed E-state index contributed by atoms with van der Waals surface area (Å²) in [5, 5.41) is 10.1. The molecule has 2 aliphatic rings. The van der Waals surface area contributed by atoms with Gasteiger partial charge in [-0.3, -0.25) is 4.79 Å². The Balaban J connectivity index is 1.75. The van der Waals surface area contributed by atoms with Crippen LogP contribution in [0.25, 0.3) is 0 Å². The summed E-state index contributed by atoms with van der Waals surface area (Å²) in [4.78, 5) is 23.6. The SMILES string of the molecule is CCCc1nc(C)cc(N2CC3c4cccc(OC)c4OC[C@]3(C(=O)O)C2)n1. The number of aliphatic carboxylic acids is 1. The van der Waals surface area contributed by atoms with Gasteiger partial charge in [-0.15, -0.1) is 0 Å². The summed E-state index contributed by atoms with van der Waals surface area (Å²) in [5.41, 5.74) is 0.768. The smallest absolute Gasteiger partial charge is 0.315 e. The quantitative estimate of drug-likeness (QED) is 0.850. The second-order valence-corrected chi connectivity index (χ2v) is 7.60. The number of ether oxygens (including phenoxy) is 2. The van der Waals surface area contributed by atoms with Gasteiger partial charge in [0.2, 0.25) is 0 Å². The summed E-state index contributed by atoms with van der Waals surface area (Å²) in [7, 11) is 1.60. The van der Waals surface area contributed by atoms with Crippen LogP contribution in [0, 0.1) is 12.3 Å². The van der Waals surface area contributed by atoms with E-state index in [4.69, 9.17) is 14.5 Å². The number of carbonyl (C=O) groups is 1. The Labute approximate surface area is 164 Å². The van der Waals surface area contributed by atoms with Gasteiger partial charge in [-0.25, -0.2) is 9.97 Å². The molecule has 0 amide bonds. The van der Waals surface area contributed by atoms with Crippen molar-refractivity contribution in [1.29, 1.82) is 0 Å². The van der Waals surface area contributed by atoms with E-state index in [0.717, 1.165) is 35.7 Å². The van der Waals surface area contributed by atoms with Crippen LogP contribution in [-0.4, -0.2) is 47.8 Å².